The monoisotopic (exact) mass is 311 g/mol. The van der Waals surface area contributed by atoms with Gasteiger partial charge >= 0.3 is 0 Å². The first-order valence-corrected chi connectivity index (χ1v) is 8.33. The van der Waals surface area contributed by atoms with E-state index in [1.165, 1.54) is 17.7 Å². The van der Waals surface area contributed by atoms with E-state index in [1.54, 1.807) is 12.1 Å². The van der Waals surface area contributed by atoms with Crippen molar-refractivity contribution in [2.75, 3.05) is 6.54 Å². The van der Waals surface area contributed by atoms with Gasteiger partial charge in [0.25, 0.3) is 0 Å². The zero-order chi connectivity index (χ0) is 16.2. The average Bonchev–Trinajstić information content (AvgIpc) is 2.59. The van der Waals surface area contributed by atoms with Gasteiger partial charge in [-0.05, 0) is 41.7 Å². The second-order valence-corrected chi connectivity index (χ2v) is 6.09. The summed E-state index contributed by atoms with van der Waals surface area (Å²) in [6, 6.07) is 14.7. The van der Waals surface area contributed by atoms with Crippen molar-refractivity contribution in [3.8, 4) is 0 Å². The molecule has 2 nitrogen and oxygen atoms in total. The van der Waals surface area contributed by atoms with Gasteiger partial charge in [-0.25, -0.2) is 4.39 Å². The number of hydrogen-bond donors (Lipinski definition) is 0. The summed E-state index contributed by atoms with van der Waals surface area (Å²) >= 11 is 0. The Labute approximate surface area is 136 Å². The molecule has 0 aliphatic carbocycles. The number of hydrogen-bond acceptors (Lipinski definition) is 1. The largest absolute Gasteiger partial charge is 0.331 e. The molecular formula is C20H22FNO. The number of nitrogens with zero attached hydrogens (tertiary/aromatic N) is 1. The molecule has 0 aromatic heterocycles. The highest BCUT2D eigenvalue weighted by Gasteiger charge is 2.31. The predicted octanol–water partition coefficient (Wildman–Crippen LogP) is 4.49. The Morgan fingerprint density at radius 1 is 1.17 bits per heavy atom. The van der Waals surface area contributed by atoms with E-state index in [4.69, 9.17) is 0 Å². The summed E-state index contributed by atoms with van der Waals surface area (Å²) in [6.45, 7) is 2.82. The molecule has 3 rings (SSSR count). The van der Waals surface area contributed by atoms with Crippen molar-refractivity contribution in [3.63, 3.8) is 0 Å². The number of benzene rings is 2. The molecule has 0 bridgehead atoms. The zero-order valence-electron chi connectivity index (χ0n) is 13.5. The highest BCUT2D eigenvalue weighted by atomic mass is 19.1. The standard InChI is InChI=1S/C20H22FNO/c1-2-3-8-19(23)22-14-13-15-6-4-5-7-18(15)20(22)16-9-11-17(21)12-10-16/h4-7,9-12,20H,2-3,8,13-14H2,1H3. The van der Waals surface area contributed by atoms with E-state index in [0.717, 1.165) is 36.9 Å². The first-order chi connectivity index (χ1) is 11.2. The van der Waals surface area contributed by atoms with Gasteiger partial charge in [0.1, 0.15) is 5.82 Å². The van der Waals surface area contributed by atoms with Crippen LogP contribution < -0.4 is 0 Å². The van der Waals surface area contributed by atoms with Gasteiger partial charge in [0.15, 0.2) is 0 Å². The molecule has 0 radical (unpaired) electrons. The molecule has 0 spiro atoms. The molecule has 23 heavy (non-hydrogen) atoms. The number of halogens is 1. The lowest BCUT2D eigenvalue weighted by Crippen LogP contribution is -2.40. The van der Waals surface area contributed by atoms with Crippen LogP contribution in [-0.4, -0.2) is 17.4 Å². The molecule has 1 aliphatic heterocycles. The number of fused-ring (bicyclic) bond motifs is 1. The van der Waals surface area contributed by atoms with Crippen LogP contribution in [0.1, 0.15) is 48.9 Å². The second-order valence-electron chi connectivity index (χ2n) is 6.09. The molecule has 1 atom stereocenters. The number of amides is 1. The quantitative estimate of drug-likeness (QED) is 0.814. The minimum absolute atomic E-state index is 0.107. The maximum atomic E-state index is 13.3. The molecule has 120 valence electrons. The Morgan fingerprint density at radius 3 is 2.65 bits per heavy atom. The van der Waals surface area contributed by atoms with Crippen LogP contribution in [0.15, 0.2) is 48.5 Å². The van der Waals surface area contributed by atoms with Crippen LogP contribution in [0.25, 0.3) is 0 Å². The third-order valence-electron chi connectivity index (χ3n) is 4.53. The molecule has 0 fully saturated rings. The van der Waals surface area contributed by atoms with Gasteiger partial charge in [-0.1, -0.05) is 49.7 Å². The molecule has 1 heterocycles. The van der Waals surface area contributed by atoms with E-state index >= 15 is 0 Å². The summed E-state index contributed by atoms with van der Waals surface area (Å²) in [4.78, 5) is 14.6. The van der Waals surface area contributed by atoms with Crippen molar-refractivity contribution in [2.45, 2.75) is 38.6 Å². The third kappa shape index (κ3) is 3.29. The van der Waals surface area contributed by atoms with Crippen molar-refractivity contribution in [3.05, 3.63) is 71.0 Å². The topological polar surface area (TPSA) is 20.3 Å². The predicted molar refractivity (Wildman–Crippen MR) is 89.6 cm³/mol. The van der Waals surface area contributed by atoms with Crippen LogP contribution in [0.3, 0.4) is 0 Å². The van der Waals surface area contributed by atoms with Crippen LogP contribution in [-0.2, 0) is 11.2 Å². The Kier molecular flexibility index (Phi) is 4.75. The van der Waals surface area contributed by atoms with Gasteiger partial charge < -0.3 is 4.90 Å². The average molecular weight is 311 g/mol. The molecule has 2 aromatic carbocycles. The molecule has 0 saturated heterocycles. The normalized spacial score (nSPS) is 17.0. The lowest BCUT2D eigenvalue weighted by atomic mass is 9.88. The van der Waals surface area contributed by atoms with Crippen LogP contribution in [0, 0.1) is 5.82 Å². The molecule has 0 saturated carbocycles. The molecule has 1 unspecified atom stereocenters. The van der Waals surface area contributed by atoms with Gasteiger partial charge in [0.2, 0.25) is 5.91 Å². The second kappa shape index (κ2) is 6.95. The van der Waals surface area contributed by atoms with E-state index in [9.17, 15) is 9.18 Å². The van der Waals surface area contributed by atoms with Crippen molar-refractivity contribution in [2.24, 2.45) is 0 Å². The van der Waals surface area contributed by atoms with E-state index in [0.29, 0.717) is 6.42 Å². The minimum atomic E-state index is -0.248. The Hall–Kier alpha value is -2.16. The summed E-state index contributed by atoms with van der Waals surface area (Å²) in [7, 11) is 0. The van der Waals surface area contributed by atoms with Crippen molar-refractivity contribution in [1.29, 1.82) is 0 Å². The van der Waals surface area contributed by atoms with E-state index in [2.05, 4.69) is 19.1 Å². The fraction of sp³-hybridized carbons (Fsp3) is 0.350. The summed E-state index contributed by atoms with van der Waals surface area (Å²) in [5, 5.41) is 0. The van der Waals surface area contributed by atoms with Gasteiger partial charge in [0, 0.05) is 13.0 Å². The minimum Gasteiger partial charge on any atom is -0.331 e. The Morgan fingerprint density at radius 2 is 1.91 bits per heavy atom. The SMILES string of the molecule is CCCCC(=O)N1CCc2ccccc2C1c1ccc(F)cc1. The van der Waals surface area contributed by atoms with Crippen LogP contribution in [0.4, 0.5) is 4.39 Å². The smallest absolute Gasteiger partial charge is 0.223 e. The van der Waals surface area contributed by atoms with E-state index in [-0.39, 0.29) is 17.8 Å². The van der Waals surface area contributed by atoms with Gasteiger partial charge in [-0.2, -0.15) is 0 Å². The van der Waals surface area contributed by atoms with Gasteiger partial charge in [-0.15, -0.1) is 0 Å². The molecule has 1 aliphatic rings. The third-order valence-corrected chi connectivity index (χ3v) is 4.53. The number of unbranched alkanes of at least 4 members (excludes halogenated alkanes) is 1. The lowest BCUT2D eigenvalue weighted by Gasteiger charge is -2.38. The number of carbonyl (C=O) groups excluding carboxylic acids is 1. The molecule has 0 N–H and O–H groups in total. The molecular weight excluding hydrogens is 289 g/mol. The zero-order valence-corrected chi connectivity index (χ0v) is 13.5. The maximum absolute atomic E-state index is 13.3. The van der Waals surface area contributed by atoms with Crippen LogP contribution in [0.2, 0.25) is 0 Å². The van der Waals surface area contributed by atoms with Crippen molar-refractivity contribution >= 4 is 5.91 Å². The van der Waals surface area contributed by atoms with Gasteiger partial charge in [-0.3, -0.25) is 4.79 Å². The molecule has 3 heteroatoms. The summed E-state index contributed by atoms with van der Waals surface area (Å²) in [5.74, 6) is -0.0580. The Balaban J connectivity index is 1.99. The van der Waals surface area contributed by atoms with Crippen LogP contribution in [0.5, 0.6) is 0 Å². The first-order valence-electron chi connectivity index (χ1n) is 8.33. The maximum Gasteiger partial charge on any atom is 0.223 e. The summed E-state index contributed by atoms with van der Waals surface area (Å²) in [5.41, 5.74) is 3.42. The first kappa shape index (κ1) is 15.7. The number of carbonyl (C=O) groups is 1. The highest BCUT2D eigenvalue weighted by Crippen LogP contribution is 2.35. The summed E-state index contributed by atoms with van der Waals surface area (Å²) < 4.78 is 13.3. The lowest BCUT2D eigenvalue weighted by molar-refractivity contribution is -0.133. The van der Waals surface area contributed by atoms with E-state index in [1.807, 2.05) is 17.0 Å². The Bertz CT molecular complexity index is 680. The summed E-state index contributed by atoms with van der Waals surface area (Å²) in [6.07, 6.45) is 3.38. The molecule has 1 amide bonds. The number of rotatable bonds is 4. The fourth-order valence-electron chi connectivity index (χ4n) is 3.31. The van der Waals surface area contributed by atoms with E-state index < -0.39 is 0 Å². The highest BCUT2D eigenvalue weighted by molar-refractivity contribution is 5.77. The van der Waals surface area contributed by atoms with Crippen molar-refractivity contribution < 1.29 is 9.18 Å². The molecule has 2 aromatic rings. The van der Waals surface area contributed by atoms with Crippen molar-refractivity contribution in [1.82, 2.24) is 4.90 Å². The fourth-order valence-corrected chi connectivity index (χ4v) is 3.31. The van der Waals surface area contributed by atoms with Crippen LogP contribution >= 0.6 is 0 Å². The van der Waals surface area contributed by atoms with Gasteiger partial charge in [0.05, 0.1) is 6.04 Å².